The molecule has 1 amide bonds. The molecule has 0 fully saturated rings. The van der Waals surface area contributed by atoms with Gasteiger partial charge in [0.1, 0.15) is 11.6 Å². The highest BCUT2D eigenvalue weighted by atomic mass is 19.1. The van der Waals surface area contributed by atoms with Crippen LogP contribution in [0.1, 0.15) is 10.6 Å². The third-order valence-electron chi connectivity index (χ3n) is 3.23. The maximum Gasteiger partial charge on any atom is 0.286 e. The Morgan fingerprint density at radius 2 is 1.17 bits per heavy atom. The van der Waals surface area contributed by atoms with Crippen LogP contribution in [0.5, 0.6) is 0 Å². The number of nitrogens with two attached hydrogens (primary N) is 1. The Morgan fingerprint density at radius 3 is 1.52 bits per heavy atom. The number of primary amides is 1. The normalized spacial score (nSPS) is 10.5. The number of hydrogen-bond acceptors (Lipinski definition) is 3. The van der Waals surface area contributed by atoms with Crippen molar-refractivity contribution in [2.24, 2.45) is 5.73 Å². The minimum absolute atomic E-state index is 0.161. The zero-order valence-corrected chi connectivity index (χ0v) is 11.8. The van der Waals surface area contributed by atoms with E-state index < -0.39 is 5.91 Å². The van der Waals surface area contributed by atoms with Crippen molar-refractivity contribution in [1.82, 2.24) is 9.97 Å². The van der Waals surface area contributed by atoms with Crippen LogP contribution < -0.4 is 5.73 Å². The van der Waals surface area contributed by atoms with Gasteiger partial charge in [0.15, 0.2) is 0 Å². The SMILES string of the molecule is NC(=O)c1nc(-c2ccc(F)cc2)cc(-c2ccc(F)cc2)n1. The van der Waals surface area contributed by atoms with Crippen molar-refractivity contribution in [2.45, 2.75) is 0 Å². The van der Waals surface area contributed by atoms with E-state index >= 15 is 0 Å². The lowest BCUT2D eigenvalue weighted by molar-refractivity contribution is 0.0990. The van der Waals surface area contributed by atoms with E-state index in [-0.39, 0.29) is 17.5 Å². The summed E-state index contributed by atoms with van der Waals surface area (Å²) in [4.78, 5) is 19.6. The Hall–Kier alpha value is -3.15. The molecule has 6 heteroatoms. The molecular formula is C17H11F2N3O. The highest BCUT2D eigenvalue weighted by molar-refractivity contribution is 5.90. The summed E-state index contributed by atoms with van der Waals surface area (Å²) in [6.45, 7) is 0. The van der Waals surface area contributed by atoms with Crippen molar-refractivity contribution in [2.75, 3.05) is 0 Å². The summed E-state index contributed by atoms with van der Waals surface area (Å²) < 4.78 is 26.1. The van der Waals surface area contributed by atoms with Crippen LogP contribution >= 0.6 is 0 Å². The van der Waals surface area contributed by atoms with Gasteiger partial charge in [0.2, 0.25) is 5.82 Å². The molecular weight excluding hydrogens is 300 g/mol. The highest BCUT2D eigenvalue weighted by Crippen LogP contribution is 2.24. The van der Waals surface area contributed by atoms with E-state index in [4.69, 9.17) is 5.73 Å². The number of amides is 1. The second-order valence-corrected chi connectivity index (χ2v) is 4.84. The number of hydrogen-bond donors (Lipinski definition) is 1. The second kappa shape index (κ2) is 5.92. The van der Waals surface area contributed by atoms with E-state index in [0.29, 0.717) is 22.5 Å². The Morgan fingerprint density at radius 1 is 0.783 bits per heavy atom. The van der Waals surface area contributed by atoms with Crippen LogP contribution in [-0.4, -0.2) is 15.9 Å². The van der Waals surface area contributed by atoms with Gasteiger partial charge in [-0.3, -0.25) is 4.79 Å². The fraction of sp³-hybridized carbons (Fsp3) is 0. The van der Waals surface area contributed by atoms with E-state index in [2.05, 4.69) is 9.97 Å². The minimum Gasteiger partial charge on any atom is -0.363 e. The molecule has 0 aliphatic rings. The Labute approximate surface area is 130 Å². The molecule has 0 saturated heterocycles. The minimum atomic E-state index is -0.780. The van der Waals surface area contributed by atoms with E-state index in [9.17, 15) is 13.6 Å². The second-order valence-electron chi connectivity index (χ2n) is 4.84. The molecule has 23 heavy (non-hydrogen) atoms. The van der Waals surface area contributed by atoms with Crippen LogP contribution in [0.15, 0.2) is 54.6 Å². The molecule has 0 bridgehead atoms. The van der Waals surface area contributed by atoms with Crippen LogP contribution in [0, 0.1) is 11.6 Å². The monoisotopic (exact) mass is 311 g/mol. The third kappa shape index (κ3) is 3.21. The summed E-state index contributed by atoms with van der Waals surface area (Å²) in [7, 11) is 0. The van der Waals surface area contributed by atoms with Crippen molar-refractivity contribution in [3.63, 3.8) is 0 Å². The smallest absolute Gasteiger partial charge is 0.286 e. The molecule has 0 unspecified atom stereocenters. The lowest BCUT2D eigenvalue weighted by atomic mass is 10.1. The number of carbonyl (C=O) groups excluding carboxylic acids is 1. The van der Waals surface area contributed by atoms with Crippen molar-refractivity contribution in [3.8, 4) is 22.5 Å². The Kier molecular flexibility index (Phi) is 3.80. The van der Waals surface area contributed by atoms with Gasteiger partial charge in [0.25, 0.3) is 5.91 Å². The molecule has 0 saturated carbocycles. The molecule has 3 rings (SSSR count). The third-order valence-corrected chi connectivity index (χ3v) is 3.23. The van der Waals surface area contributed by atoms with Gasteiger partial charge in [-0.05, 0) is 54.6 Å². The van der Waals surface area contributed by atoms with Crippen LogP contribution in [0.3, 0.4) is 0 Å². The highest BCUT2D eigenvalue weighted by Gasteiger charge is 2.12. The fourth-order valence-corrected chi connectivity index (χ4v) is 2.09. The molecule has 114 valence electrons. The molecule has 0 aliphatic carbocycles. The first kappa shape index (κ1) is 14.8. The van der Waals surface area contributed by atoms with Gasteiger partial charge >= 0.3 is 0 Å². The number of aromatic nitrogens is 2. The van der Waals surface area contributed by atoms with Crippen LogP contribution in [0.4, 0.5) is 8.78 Å². The van der Waals surface area contributed by atoms with E-state index in [1.165, 1.54) is 48.5 Å². The first-order valence-electron chi connectivity index (χ1n) is 6.74. The predicted molar refractivity (Wildman–Crippen MR) is 81.3 cm³/mol. The van der Waals surface area contributed by atoms with Gasteiger partial charge in [-0.25, -0.2) is 18.7 Å². The van der Waals surface area contributed by atoms with Gasteiger partial charge in [-0.1, -0.05) is 0 Å². The molecule has 4 nitrogen and oxygen atoms in total. The maximum absolute atomic E-state index is 13.0. The van der Waals surface area contributed by atoms with E-state index in [1.54, 1.807) is 6.07 Å². The standard InChI is InChI=1S/C17H11F2N3O/c18-12-5-1-10(2-6-12)14-9-15(22-17(21-14)16(20)23)11-3-7-13(19)8-4-11/h1-9H,(H2,20,23). The first-order valence-corrected chi connectivity index (χ1v) is 6.74. The number of nitrogens with zero attached hydrogens (tertiary/aromatic N) is 2. The number of carbonyl (C=O) groups is 1. The van der Waals surface area contributed by atoms with Crippen molar-refractivity contribution < 1.29 is 13.6 Å². The van der Waals surface area contributed by atoms with Crippen molar-refractivity contribution >= 4 is 5.91 Å². The zero-order chi connectivity index (χ0) is 16.4. The van der Waals surface area contributed by atoms with Crippen LogP contribution in [0.25, 0.3) is 22.5 Å². The van der Waals surface area contributed by atoms with Crippen LogP contribution in [-0.2, 0) is 0 Å². The Bertz CT molecular complexity index is 798. The van der Waals surface area contributed by atoms with Gasteiger partial charge in [-0.15, -0.1) is 0 Å². The summed E-state index contributed by atoms with van der Waals surface area (Å²) in [6.07, 6.45) is 0. The molecule has 0 aliphatic heterocycles. The number of halogens is 2. The number of rotatable bonds is 3. The molecule has 0 spiro atoms. The van der Waals surface area contributed by atoms with Crippen molar-refractivity contribution in [1.29, 1.82) is 0 Å². The molecule has 1 heterocycles. The summed E-state index contributed by atoms with van der Waals surface area (Å²) in [5, 5.41) is 0. The van der Waals surface area contributed by atoms with Crippen LogP contribution in [0.2, 0.25) is 0 Å². The topological polar surface area (TPSA) is 68.9 Å². The largest absolute Gasteiger partial charge is 0.363 e. The van der Waals surface area contributed by atoms with Gasteiger partial charge < -0.3 is 5.73 Å². The zero-order valence-electron chi connectivity index (χ0n) is 11.8. The first-order chi connectivity index (χ1) is 11.0. The summed E-state index contributed by atoms with van der Waals surface area (Å²) >= 11 is 0. The Balaban J connectivity index is 2.15. The lowest BCUT2D eigenvalue weighted by Gasteiger charge is -2.07. The predicted octanol–water partition coefficient (Wildman–Crippen LogP) is 3.19. The van der Waals surface area contributed by atoms with Gasteiger partial charge in [-0.2, -0.15) is 0 Å². The summed E-state index contributed by atoms with van der Waals surface area (Å²) in [6, 6.07) is 12.9. The lowest BCUT2D eigenvalue weighted by Crippen LogP contribution is -2.16. The maximum atomic E-state index is 13.0. The molecule has 1 aromatic heterocycles. The van der Waals surface area contributed by atoms with Crippen molar-refractivity contribution in [3.05, 3.63) is 72.1 Å². The summed E-state index contributed by atoms with van der Waals surface area (Å²) in [5.41, 5.74) is 7.34. The molecule has 2 N–H and O–H groups in total. The quantitative estimate of drug-likeness (QED) is 0.807. The average Bonchev–Trinajstić information content (AvgIpc) is 2.55. The molecule has 0 radical (unpaired) electrons. The molecule has 3 aromatic rings. The number of benzene rings is 2. The fourth-order valence-electron chi connectivity index (χ4n) is 2.09. The molecule has 0 atom stereocenters. The van der Waals surface area contributed by atoms with Gasteiger partial charge in [0, 0.05) is 11.1 Å². The van der Waals surface area contributed by atoms with Gasteiger partial charge in [0.05, 0.1) is 11.4 Å². The summed E-state index contributed by atoms with van der Waals surface area (Å²) in [5.74, 6) is -1.70. The average molecular weight is 311 g/mol. The molecule has 2 aromatic carbocycles. The van der Waals surface area contributed by atoms with E-state index in [0.717, 1.165) is 0 Å². The van der Waals surface area contributed by atoms with E-state index in [1.807, 2.05) is 0 Å².